The summed E-state index contributed by atoms with van der Waals surface area (Å²) in [5.41, 5.74) is 3.46. The lowest BCUT2D eigenvalue weighted by molar-refractivity contribution is -0.384. The average molecular weight is 457 g/mol. The van der Waals surface area contributed by atoms with Gasteiger partial charge in [0.1, 0.15) is 17.2 Å². The van der Waals surface area contributed by atoms with Crippen molar-refractivity contribution in [1.29, 1.82) is 0 Å². The van der Waals surface area contributed by atoms with Gasteiger partial charge in [-0.2, -0.15) is 5.10 Å². The number of hydrogen-bond donors (Lipinski definition) is 1. The number of hydrogen-bond acceptors (Lipinski definition) is 7. The molecule has 0 saturated heterocycles. The molecule has 2 rings (SSSR count). The highest BCUT2D eigenvalue weighted by molar-refractivity contribution is 5.85. The molecular formula is C24H32N4O5. The van der Waals surface area contributed by atoms with Crippen LogP contribution in [-0.2, 0) is 4.79 Å². The van der Waals surface area contributed by atoms with E-state index < -0.39 is 5.91 Å². The fourth-order valence-corrected chi connectivity index (χ4v) is 3.22. The van der Waals surface area contributed by atoms with Crippen LogP contribution in [0.15, 0.2) is 47.6 Å². The lowest BCUT2D eigenvalue weighted by Crippen LogP contribution is -2.31. The highest BCUT2D eigenvalue weighted by Crippen LogP contribution is 2.30. The number of hydrazone groups is 1. The molecule has 0 aromatic heterocycles. The summed E-state index contributed by atoms with van der Waals surface area (Å²) in [5, 5.41) is 15.6. The molecule has 9 heteroatoms. The third kappa shape index (κ3) is 8.44. The van der Waals surface area contributed by atoms with Gasteiger partial charge in [0.2, 0.25) is 0 Å². The first kappa shape index (κ1) is 25.6. The predicted octanol–water partition coefficient (Wildman–Crippen LogP) is 4.25. The Morgan fingerprint density at radius 3 is 2.24 bits per heavy atom. The molecule has 0 atom stereocenters. The normalized spacial score (nSPS) is 11.1. The van der Waals surface area contributed by atoms with Gasteiger partial charge in [-0.05, 0) is 42.2 Å². The number of ether oxygens (including phenoxy) is 2. The Balaban J connectivity index is 2.03. The second kappa shape index (κ2) is 12.4. The first-order valence-corrected chi connectivity index (χ1v) is 10.8. The van der Waals surface area contributed by atoms with Gasteiger partial charge in [0.15, 0.2) is 6.61 Å². The molecule has 0 aliphatic carbocycles. The van der Waals surface area contributed by atoms with Crippen molar-refractivity contribution in [2.75, 3.05) is 31.7 Å². The van der Waals surface area contributed by atoms with E-state index in [1.165, 1.54) is 12.3 Å². The summed E-state index contributed by atoms with van der Waals surface area (Å²) in [6.07, 6.45) is 1.37. The zero-order valence-electron chi connectivity index (χ0n) is 19.8. The van der Waals surface area contributed by atoms with Crippen LogP contribution in [0.2, 0.25) is 0 Å². The Morgan fingerprint density at radius 1 is 1.09 bits per heavy atom. The van der Waals surface area contributed by atoms with Gasteiger partial charge < -0.3 is 14.4 Å². The van der Waals surface area contributed by atoms with Crippen LogP contribution in [0, 0.1) is 22.0 Å². The van der Waals surface area contributed by atoms with Crippen LogP contribution in [0.1, 0.15) is 33.3 Å². The van der Waals surface area contributed by atoms with Crippen LogP contribution in [-0.4, -0.2) is 43.9 Å². The maximum Gasteiger partial charge on any atom is 0.293 e. The second-order valence-corrected chi connectivity index (χ2v) is 8.46. The summed E-state index contributed by atoms with van der Waals surface area (Å²) in [5.74, 6) is 1.48. The maximum atomic E-state index is 12.0. The first-order valence-electron chi connectivity index (χ1n) is 10.8. The van der Waals surface area contributed by atoms with E-state index in [2.05, 4.69) is 38.2 Å². The molecule has 0 bridgehead atoms. The molecule has 1 N–H and O–H groups in total. The van der Waals surface area contributed by atoms with Gasteiger partial charge in [-0.25, -0.2) is 5.43 Å². The molecule has 0 saturated carbocycles. The lowest BCUT2D eigenvalue weighted by Gasteiger charge is -2.28. The van der Waals surface area contributed by atoms with Crippen molar-refractivity contribution >= 4 is 23.5 Å². The number of amides is 1. The molecule has 1 amide bonds. The number of nitro benzene ring substituents is 1. The van der Waals surface area contributed by atoms with E-state index in [-0.39, 0.29) is 17.2 Å². The van der Waals surface area contributed by atoms with Crippen molar-refractivity contribution in [1.82, 2.24) is 5.43 Å². The second-order valence-electron chi connectivity index (χ2n) is 8.46. The van der Waals surface area contributed by atoms with E-state index in [1.54, 1.807) is 43.5 Å². The Bertz CT molecular complexity index is 948. The molecule has 2 aromatic carbocycles. The van der Waals surface area contributed by atoms with E-state index in [4.69, 9.17) is 9.47 Å². The van der Waals surface area contributed by atoms with E-state index in [0.29, 0.717) is 34.6 Å². The molecule has 9 nitrogen and oxygen atoms in total. The quantitative estimate of drug-likeness (QED) is 0.291. The first-order chi connectivity index (χ1) is 15.7. The van der Waals surface area contributed by atoms with E-state index in [9.17, 15) is 14.9 Å². The SMILES string of the molecule is COc1ccc(OCC(=O)N/N=C/c2ccc(N(CC(C)C)CC(C)C)c([N+](=O)[O-])c2)cc1. The van der Waals surface area contributed by atoms with Crippen molar-refractivity contribution in [2.24, 2.45) is 16.9 Å². The Morgan fingerprint density at radius 2 is 1.70 bits per heavy atom. The fraction of sp³-hybridized carbons (Fsp3) is 0.417. The minimum absolute atomic E-state index is 0.00872. The summed E-state index contributed by atoms with van der Waals surface area (Å²) in [7, 11) is 1.57. The number of nitrogens with zero attached hydrogens (tertiary/aromatic N) is 3. The number of carbonyl (C=O) groups is 1. The molecule has 0 aliphatic rings. The molecule has 0 fully saturated rings. The number of rotatable bonds is 12. The van der Waals surface area contributed by atoms with Crippen molar-refractivity contribution in [2.45, 2.75) is 27.7 Å². The molecule has 0 aliphatic heterocycles. The average Bonchev–Trinajstić information content (AvgIpc) is 2.77. The highest BCUT2D eigenvalue weighted by Gasteiger charge is 2.21. The molecule has 0 spiro atoms. The summed E-state index contributed by atoms with van der Waals surface area (Å²) < 4.78 is 10.5. The van der Waals surface area contributed by atoms with Gasteiger partial charge in [-0.1, -0.05) is 33.8 Å². The zero-order valence-corrected chi connectivity index (χ0v) is 19.8. The van der Waals surface area contributed by atoms with Crippen LogP contribution < -0.4 is 19.8 Å². The molecule has 178 valence electrons. The van der Waals surface area contributed by atoms with Gasteiger partial charge in [-0.15, -0.1) is 0 Å². The monoisotopic (exact) mass is 456 g/mol. The molecule has 0 heterocycles. The Labute approximate surface area is 194 Å². The lowest BCUT2D eigenvalue weighted by atomic mass is 10.1. The molecule has 0 unspecified atom stereocenters. The Kier molecular flexibility index (Phi) is 9.65. The van der Waals surface area contributed by atoms with Gasteiger partial charge in [0.25, 0.3) is 11.6 Å². The molecular weight excluding hydrogens is 424 g/mol. The highest BCUT2D eigenvalue weighted by atomic mass is 16.6. The number of carbonyl (C=O) groups excluding carboxylic acids is 1. The summed E-state index contributed by atoms with van der Waals surface area (Å²) in [4.78, 5) is 25.4. The van der Waals surface area contributed by atoms with E-state index in [1.807, 2.05) is 4.90 Å². The van der Waals surface area contributed by atoms with Crippen molar-refractivity contribution < 1.29 is 19.2 Å². The third-order valence-corrected chi connectivity index (χ3v) is 4.54. The van der Waals surface area contributed by atoms with Crippen LogP contribution >= 0.6 is 0 Å². The summed E-state index contributed by atoms with van der Waals surface area (Å²) >= 11 is 0. The molecule has 2 aromatic rings. The number of anilines is 1. The number of nitro groups is 1. The van der Waals surface area contributed by atoms with Crippen molar-refractivity contribution in [3.63, 3.8) is 0 Å². The van der Waals surface area contributed by atoms with Crippen LogP contribution in [0.5, 0.6) is 11.5 Å². The van der Waals surface area contributed by atoms with Gasteiger partial charge in [0, 0.05) is 24.7 Å². The number of nitrogens with one attached hydrogen (secondary N) is 1. The van der Waals surface area contributed by atoms with Gasteiger partial charge in [0.05, 0.1) is 18.2 Å². The minimum atomic E-state index is -0.451. The summed E-state index contributed by atoms with van der Waals surface area (Å²) in [6, 6.07) is 11.8. The third-order valence-electron chi connectivity index (χ3n) is 4.54. The largest absolute Gasteiger partial charge is 0.497 e. The Hall–Kier alpha value is -3.62. The number of methoxy groups -OCH3 is 1. The summed E-state index contributed by atoms with van der Waals surface area (Å²) in [6.45, 7) is 9.56. The fourth-order valence-electron chi connectivity index (χ4n) is 3.22. The standard InChI is InChI=1S/C24H32N4O5/c1-17(2)14-27(15-18(3)4)22-11-6-19(12-23(22)28(30)31)13-25-26-24(29)16-33-21-9-7-20(32-5)8-10-21/h6-13,17-18H,14-16H2,1-5H3,(H,26,29)/b25-13+. The number of benzene rings is 2. The van der Waals surface area contributed by atoms with Gasteiger partial charge in [-0.3, -0.25) is 14.9 Å². The van der Waals surface area contributed by atoms with Crippen LogP contribution in [0.25, 0.3) is 0 Å². The topological polar surface area (TPSA) is 106 Å². The molecule has 33 heavy (non-hydrogen) atoms. The van der Waals surface area contributed by atoms with Crippen LogP contribution in [0.3, 0.4) is 0 Å². The van der Waals surface area contributed by atoms with Crippen molar-refractivity contribution in [3.05, 3.63) is 58.1 Å². The zero-order chi connectivity index (χ0) is 24.4. The van der Waals surface area contributed by atoms with E-state index >= 15 is 0 Å². The van der Waals surface area contributed by atoms with Gasteiger partial charge >= 0.3 is 0 Å². The van der Waals surface area contributed by atoms with Crippen molar-refractivity contribution in [3.8, 4) is 11.5 Å². The van der Waals surface area contributed by atoms with Crippen LogP contribution in [0.4, 0.5) is 11.4 Å². The molecule has 0 radical (unpaired) electrons. The predicted molar refractivity (Wildman–Crippen MR) is 129 cm³/mol. The van der Waals surface area contributed by atoms with E-state index in [0.717, 1.165) is 13.1 Å². The smallest absolute Gasteiger partial charge is 0.293 e. The maximum absolute atomic E-state index is 12.0. The minimum Gasteiger partial charge on any atom is -0.497 e.